The Labute approximate surface area is 172 Å². The number of H-pyrrole nitrogens is 1. The van der Waals surface area contributed by atoms with Gasteiger partial charge in [0.2, 0.25) is 0 Å². The van der Waals surface area contributed by atoms with Gasteiger partial charge in [0.1, 0.15) is 22.4 Å². The molecule has 0 spiro atoms. The van der Waals surface area contributed by atoms with Gasteiger partial charge in [0.05, 0.1) is 11.2 Å². The second-order valence-corrected chi connectivity index (χ2v) is 8.51. The molecule has 8 nitrogen and oxygen atoms in total. The van der Waals surface area contributed by atoms with Crippen LogP contribution >= 0.6 is 11.6 Å². The number of anilines is 1. The minimum Gasteiger partial charge on any atom is -0.349 e. The number of benzene rings is 1. The van der Waals surface area contributed by atoms with Gasteiger partial charge in [-0.2, -0.15) is 15.0 Å². The number of halogens is 1. The molecule has 2 aliphatic rings. The van der Waals surface area contributed by atoms with E-state index in [1.54, 1.807) is 7.05 Å². The second-order valence-electron chi connectivity index (χ2n) is 8.14. The van der Waals surface area contributed by atoms with Crippen LogP contribution in [0.4, 0.5) is 5.82 Å². The van der Waals surface area contributed by atoms with Gasteiger partial charge >= 0.3 is 0 Å². The second kappa shape index (κ2) is 6.14. The van der Waals surface area contributed by atoms with Gasteiger partial charge in [0.25, 0.3) is 0 Å². The van der Waals surface area contributed by atoms with Crippen molar-refractivity contribution in [3.8, 4) is 11.1 Å². The van der Waals surface area contributed by atoms with Crippen LogP contribution in [0.1, 0.15) is 25.7 Å². The molecule has 0 radical (unpaired) electrons. The zero-order chi connectivity index (χ0) is 19.7. The summed E-state index contributed by atoms with van der Waals surface area (Å²) >= 11 is 6.66. The van der Waals surface area contributed by atoms with Gasteiger partial charge in [-0.3, -0.25) is 0 Å². The summed E-state index contributed by atoms with van der Waals surface area (Å²) in [7, 11) is 1.79. The van der Waals surface area contributed by atoms with Crippen molar-refractivity contribution in [2.24, 2.45) is 12.8 Å². The van der Waals surface area contributed by atoms with Crippen molar-refractivity contribution in [1.82, 2.24) is 29.9 Å². The molecule has 0 aliphatic carbocycles. The molecule has 2 bridgehead atoms. The summed E-state index contributed by atoms with van der Waals surface area (Å²) in [4.78, 5) is 16.9. The summed E-state index contributed by atoms with van der Waals surface area (Å²) in [6.45, 7) is 0. The fraction of sp³-hybridized carbons (Fsp3) is 0.400. The standard InChI is InChI=1S/C20H21ClN8/c1-28-26-15-5-4-13(17(21)19(15)27-28)14-8-24-20-18(14)23-9-16(25-20)29-11-2-3-12(29)7-10(22)6-11/h4-5,8-12H,2-3,6-7,22H2,1H3,(H,24,25)/t10-,11+,12-. The maximum Gasteiger partial charge on any atom is 0.159 e. The molecule has 4 aromatic rings. The number of nitrogens with two attached hydrogens (primary N) is 1. The first-order valence-electron chi connectivity index (χ1n) is 9.96. The molecule has 148 valence electrons. The zero-order valence-electron chi connectivity index (χ0n) is 16.0. The fourth-order valence-electron chi connectivity index (χ4n) is 5.07. The van der Waals surface area contributed by atoms with Crippen molar-refractivity contribution in [3.05, 3.63) is 29.5 Å². The molecule has 3 aromatic heterocycles. The molecule has 1 aromatic carbocycles. The lowest BCUT2D eigenvalue weighted by Crippen LogP contribution is -2.47. The molecule has 2 fully saturated rings. The lowest BCUT2D eigenvalue weighted by molar-refractivity contribution is 0.412. The van der Waals surface area contributed by atoms with Gasteiger partial charge < -0.3 is 15.6 Å². The van der Waals surface area contributed by atoms with Crippen LogP contribution in [0.15, 0.2) is 24.5 Å². The molecule has 2 aliphatic heterocycles. The van der Waals surface area contributed by atoms with E-state index >= 15 is 0 Å². The third-order valence-corrected chi connectivity index (χ3v) is 6.67. The van der Waals surface area contributed by atoms with Crippen LogP contribution in [-0.4, -0.2) is 48.1 Å². The highest BCUT2D eigenvalue weighted by Gasteiger charge is 2.40. The molecule has 0 unspecified atom stereocenters. The minimum absolute atomic E-state index is 0.302. The highest BCUT2D eigenvalue weighted by molar-refractivity contribution is 6.38. The number of nitrogens with zero attached hydrogens (tertiary/aromatic N) is 6. The summed E-state index contributed by atoms with van der Waals surface area (Å²) in [6, 6.07) is 5.13. The van der Waals surface area contributed by atoms with Gasteiger partial charge in [-0.1, -0.05) is 17.7 Å². The van der Waals surface area contributed by atoms with E-state index in [0.29, 0.717) is 28.7 Å². The van der Waals surface area contributed by atoms with Crippen molar-refractivity contribution < 1.29 is 0 Å². The Morgan fingerprint density at radius 2 is 1.90 bits per heavy atom. The molecule has 0 saturated carbocycles. The lowest BCUT2D eigenvalue weighted by atomic mass is 9.98. The average molecular weight is 409 g/mol. The molecule has 2 saturated heterocycles. The van der Waals surface area contributed by atoms with Crippen LogP contribution in [0, 0.1) is 0 Å². The van der Waals surface area contributed by atoms with E-state index in [-0.39, 0.29) is 0 Å². The van der Waals surface area contributed by atoms with Gasteiger partial charge in [0.15, 0.2) is 5.65 Å². The Balaban J connectivity index is 1.42. The number of nitrogens with one attached hydrogen (secondary N) is 1. The molecule has 29 heavy (non-hydrogen) atoms. The van der Waals surface area contributed by atoms with Gasteiger partial charge in [-0.15, -0.1) is 0 Å². The average Bonchev–Trinajstić information content (AvgIpc) is 3.36. The number of aromatic amines is 1. The molecule has 5 heterocycles. The maximum absolute atomic E-state index is 6.66. The Morgan fingerprint density at radius 3 is 2.69 bits per heavy atom. The summed E-state index contributed by atoms with van der Waals surface area (Å²) in [5, 5.41) is 9.27. The molecule has 9 heteroatoms. The van der Waals surface area contributed by atoms with Crippen molar-refractivity contribution in [1.29, 1.82) is 0 Å². The molecule has 3 atom stereocenters. The lowest BCUT2D eigenvalue weighted by Gasteiger charge is -2.38. The first-order valence-corrected chi connectivity index (χ1v) is 10.3. The third kappa shape index (κ3) is 2.55. The SMILES string of the molecule is Cn1nc2ccc(-c3c[nH]c4nc(N5[C@@H]6CC[C@H]5C[C@@H](N)C6)cnc34)c(Cl)c2n1. The summed E-state index contributed by atoms with van der Waals surface area (Å²) in [5.74, 6) is 0.931. The smallest absolute Gasteiger partial charge is 0.159 e. The number of rotatable bonds is 2. The number of aromatic nitrogens is 6. The van der Waals surface area contributed by atoms with Gasteiger partial charge in [-0.25, -0.2) is 9.97 Å². The van der Waals surface area contributed by atoms with Crippen molar-refractivity contribution in [3.63, 3.8) is 0 Å². The Hall–Kier alpha value is -2.71. The van der Waals surface area contributed by atoms with Crippen LogP contribution in [0.5, 0.6) is 0 Å². The summed E-state index contributed by atoms with van der Waals surface area (Å²) in [5.41, 5.74) is 11.0. The summed E-state index contributed by atoms with van der Waals surface area (Å²) < 4.78 is 0. The van der Waals surface area contributed by atoms with E-state index in [4.69, 9.17) is 27.3 Å². The van der Waals surface area contributed by atoms with E-state index in [1.165, 1.54) is 17.6 Å². The first kappa shape index (κ1) is 17.2. The number of hydrogen-bond acceptors (Lipinski definition) is 6. The number of fused-ring (bicyclic) bond motifs is 4. The van der Waals surface area contributed by atoms with E-state index in [9.17, 15) is 0 Å². The van der Waals surface area contributed by atoms with Crippen LogP contribution < -0.4 is 10.6 Å². The van der Waals surface area contributed by atoms with Crippen LogP contribution in [0.25, 0.3) is 33.3 Å². The van der Waals surface area contributed by atoms with Gasteiger partial charge in [0, 0.05) is 42.5 Å². The normalized spacial score (nSPS) is 24.1. The third-order valence-electron chi connectivity index (χ3n) is 6.28. The van der Waals surface area contributed by atoms with Crippen LogP contribution in [0.3, 0.4) is 0 Å². The fourth-order valence-corrected chi connectivity index (χ4v) is 5.37. The number of piperidine rings is 1. The predicted molar refractivity (Wildman–Crippen MR) is 113 cm³/mol. The monoisotopic (exact) mass is 408 g/mol. The van der Waals surface area contributed by atoms with E-state index in [1.807, 2.05) is 24.5 Å². The number of hydrogen-bond donors (Lipinski definition) is 2. The molecular formula is C20H21ClN8. The Morgan fingerprint density at radius 1 is 1.10 bits per heavy atom. The van der Waals surface area contributed by atoms with E-state index in [0.717, 1.165) is 46.5 Å². The molecule has 3 N–H and O–H groups in total. The predicted octanol–water partition coefficient (Wildman–Crippen LogP) is 3.02. The van der Waals surface area contributed by atoms with Crippen molar-refractivity contribution >= 4 is 39.6 Å². The highest BCUT2D eigenvalue weighted by atomic mass is 35.5. The molecule has 0 amide bonds. The van der Waals surface area contributed by atoms with Crippen LogP contribution in [0.2, 0.25) is 5.02 Å². The topological polar surface area (TPSA) is 102 Å². The van der Waals surface area contributed by atoms with E-state index < -0.39 is 0 Å². The Bertz CT molecular complexity index is 1230. The maximum atomic E-state index is 6.66. The van der Waals surface area contributed by atoms with E-state index in [2.05, 4.69) is 20.1 Å². The quantitative estimate of drug-likeness (QED) is 0.528. The Kier molecular flexibility index (Phi) is 3.64. The minimum atomic E-state index is 0.302. The van der Waals surface area contributed by atoms with Gasteiger partial charge in [-0.05, 0) is 31.7 Å². The highest BCUT2D eigenvalue weighted by Crippen LogP contribution is 2.39. The summed E-state index contributed by atoms with van der Waals surface area (Å²) in [6.07, 6.45) is 8.22. The largest absolute Gasteiger partial charge is 0.349 e. The van der Waals surface area contributed by atoms with Crippen molar-refractivity contribution in [2.75, 3.05) is 4.90 Å². The first-order chi connectivity index (χ1) is 14.1. The van der Waals surface area contributed by atoms with Crippen LogP contribution in [-0.2, 0) is 7.05 Å². The zero-order valence-corrected chi connectivity index (χ0v) is 16.8. The molecular weight excluding hydrogens is 388 g/mol. The molecule has 6 rings (SSSR count). The number of aryl methyl sites for hydroxylation is 1. The van der Waals surface area contributed by atoms with Crippen molar-refractivity contribution in [2.45, 2.75) is 43.8 Å².